The molecule has 1 aromatic carbocycles. The first-order valence-electron chi connectivity index (χ1n) is 6.63. The van der Waals surface area contributed by atoms with Crippen molar-refractivity contribution in [3.05, 3.63) is 35.4 Å². The summed E-state index contributed by atoms with van der Waals surface area (Å²) in [4.78, 5) is 33.9. The molecule has 0 spiro atoms. The van der Waals surface area contributed by atoms with Crippen LogP contribution in [0.15, 0.2) is 24.3 Å². The molecule has 7 nitrogen and oxygen atoms in total. The van der Waals surface area contributed by atoms with E-state index in [2.05, 4.69) is 5.32 Å². The fraction of sp³-hybridized carbons (Fsp3) is 0.400. The smallest absolute Gasteiger partial charge is 0.408 e. The molecule has 0 aliphatic rings. The Morgan fingerprint density at radius 2 is 1.82 bits per heavy atom. The molecule has 1 aromatic rings. The van der Waals surface area contributed by atoms with Crippen LogP contribution >= 0.6 is 0 Å². The molecule has 0 saturated heterocycles. The third kappa shape index (κ3) is 6.25. The zero-order valence-electron chi connectivity index (χ0n) is 12.7. The zero-order chi connectivity index (χ0) is 16.8. The van der Waals surface area contributed by atoms with Gasteiger partial charge >= 0.3 is 18.0 Å². The number of benzene rings is 1. The summed E-state index contributed by atoms with van der Waals surface area (Å²) < 4.78 is 9.89. The fourth-order valence-electron chi connectivity index (χ4n) is 1.52. The maximum atomic E-state index is 11.5. The molecule has 1 amide bonds. The van der Waals surface area contributed by atoms with Gasteiger partial charge in [0.15, 0.2) is 0 Å². The highest BCUT2D eigenvalue weighted by Gasteiger charge is 2.17. The number of hydrogen-bond donors (Lipinski definition) is 2. The quantitative estimate of drug-likeness (QED) is 0.806. The van der Waals surface area contributed by atoms with Crippen molar-refractivity contribution >= 4 is 18.0 Å². The van der Waals surface area contributed by atoms with E-state index in [-0.39, 0.29) is 18.7 Å². The van der Waals surface area contributed by atoms with Gasteiger partial charge in [0.05, 0.1) is 5.56 Å². The van der Waals surface area contributed by atoms with E-state index in [4.69, 9.17) is 14.6 Å². The minimum absolute atomic E-state index is 0.0652. The van der Waals surface area contributed by atoms with Gasteiger partial charge in [-0.15, -0.1) is 0 Å². The predicted octanol–water partition coefficient (Wildman–Crippen LogP) is 1.95. The van der Waals surface area contributed by atoms with Crippen molar-refractivity contribution in [1.82, 2.24) is 5.32 Å². The van der Waals surface area contributed by atoms with E-state index in [9.17, 15) is 14.4 Å². The first kappa shape index (κ1) is 17.5. The summed E-state index contributed by atoms with van der Waals surface area (Å²) in [6, 6.07) is 6.20. The average Bonchev–Trinajstić information content (AvgIpc) is 2.41. The zero-order valence-corrected chi connectivity index (χ0v) is 12.7. The summed E-state index contributed by atoms with van der Waals surface area (Å²) in [5.41, 5.74) is -0.218. The lowest BCUT2D eigenvalue weighted by molar-refractivity contribution is -0.143. The molecule has 0 aliphatic heterocycles. The lowest BCUT2D eigenvalue weighted by atomic mass is 10.1. The van der Waals surface area contributed by atoms with Gasteiger partial charge in [0, 0.05) is 5.56 Å². The first-order chi connectivity index (χ1) is 10.2. The molecule has 0 radical (unpaired) electrons. The normalized spacial score (nSPS) is 10.7. The summed E-state index contributed by atoms with van der Waals surface area (Å²) in [6.45, 7) is 4.57. The standard InChI is InChI=1S/C15H19NO6/c1-15(2,3)22-14(20)16-8-12(17)21-9-10-6-4-5-7-11(10)13(18)19/h4-7H,8-9H2,1-3H3,(H,16,20)(H,18,19). The van der Waals surface area contributed by atoms with Crippen LogP contribution in [0.2, 0.25) is 0 Å². The van der Waals surface area contributed by atoms with Crippen LogP contribution in [0.25, 0.3) is 0 Å². The molecule has 0 unspecified atom stereocenters. The van der Waals surface area contributed by atoms with Crippen molar-refractivity contribution in [2.45, 2.75) is 33.0 Å². The number of carboxylic acids is 1. The van der Waals surface area contributed by atoms with E-state index >= 15 is 0 Å². The minimum atomic E-state index is -1.10. The lowest BCUT2D eigenvalue weighted by Gasteiger charge is -2.19. The minimum Gasteiger partial charge on any atom is -0.478 e. The molecule has 0 fully saturated rings. The number of nitrogens with one attached hydrogen (secondary N) is 1. The third-order valence-corrected chi connectivity index (χ3v) is 2.41. The Kier molecular flexibility index (Phi) is 5.91. The number of amides is 1. The van der Waals surface area contributed by atoms with Crippen molar-refractivity contribution in [3.63, 3.8) is 0 Å². The second kappa shape index (κ2) is 7.44. The van der Waals surface area contributed by atoms with Crippen LogP contribution in [0, 0.1) is 0 Å². The Morgan fingerprint density at radius 1 is 1.18 bits per heavy atom. The molecule has 0 aromatic heterocycles. The number of rotatable bonds is 5. The monoisotopic (exact) mass is 309 g/mol. The van der Waals surface area contributed by atoms with Crippen LogP contribution in [0.1, 0.15) is 36.7 Å². The number of aromatic carboxylic acids is 1. The van der Waals surface area contributed by atoms with E-state index in [1.807, 2.05) is 0 Å². The van der Waals surface area contributed by atoms with Gasteiger partial charge in [-0.3, -0.25) is 4.79 Å². The molecule has 0 heterocycles. The molecule has 22 heavy (non-hydrogen) atoms. The molecule has 1 rings (SSSR count). The topological polar surface area (TPSA) is 102 Å². The fourth-order valence-corrected chi connectivity index (χ4v) is 1.52. The van der Waals surface area contributed by atoms with Crippen molar-refractivity contribution in [2.75, 3.05) is 6.54 Å². The maximum absolute atomic E-state index is 11.5. The SMILES string of the molecule is CC(C)(C)OC(=O)NCC(=O)OCc1ccccc1C(=O)O. The van der Waals surface area contributed by atoms with Crippen LogP contribution in [0.4, 0.5) is 4.79 Å². The molecule has 0 aliphatic carbocycles. The number of carbonyl (C=O) groups excluding carboxylic acids is 2. The van der Waals surface area contributed by atoms with E-state index in [0.717, 1.165) is 0 Å². The highest BCUT2D eigenvalue weighted by atomic mass is 16.6. The Bertz CT molecular complexity index is 561. The van der Waals surface area contributed by atoms with Crippen LogP contribution in [-0.4, -0.2) is 35.3 Å². The summed E-state index contributed by atoms with van der Waals surface area (Å²) in [5, 5.41) is 11.3. The van der Waals surface area contributed by atoms with E-state index in [0.29, 0.717) is 5.56 Å². The van der Waals surface area contributed by atoms with Gasteiger partial charge in [-0.25, -0.2) is 9.59 Å². The van der Waals surface area contributed by atoms with Gasteiger partial charge in [-0.2, -0.15) is 0 Å². The van der Waals surface area contributed by atoms with Gasteiger partial charge in [0.2, 0.25) is 0 Å². The van der Waals surface area contributed by atoms with Gasteiger partial charge in [0.25, 0.3) is 0 Å². The maximum Gasteiger partial charge on any atom is 0.408 e. The van der Waals surface area contributed by atoms with Crippen molar-refractivity contribution in [2.24, 2.45) is 0 Å². The molecular weight excluding hydrogens is 290 g/mol. The average molecular weight is 309 g/mol. The molecule has 0 bridgehead atoms. The second-order valence-electron chi connectivity index (χ2n) is 5.48. The first-order valence-corrected chi connectivity index (χ1v) is 6.63. The lowest BCUT2D eigenvalue weighted by Crippen LogP contribution is -2.36. The number of carbonyl (C=O) groups is 3. The van der Waals surface area contributed by atoms with Crippen molar-refractivity contribution < 1.29 is 29.0 Å². The number of alkyl carbamates (subject to hydrolysis) is 1. The summed E-state index contributed by atoms with van der Waals surface area (Å²) in [5.74, 6) is -1.79. The van der Waals surface area contributed by atoms with E-state index in [1.165, 1.54) is 6.07 Å². The number of ether oxygens (including phenoxy) is 2. The van der Waals surface area contributed by atoms with Gasteiger partial charge in [0.1, 0.15) is 18.8 Å². The molecular formula is C15H19NO6. The van der Waals surface area contributed by atoms with Gasteiger partial charge in [-0.05, 0) is 26.8 Å². The summed E-state index contributed by atoms with van der Waals surface area (Å²) >= 11 is 0. The predicted molar refractivity (Wildman–Crippen MR) is 77.4 cm³/mol. The third-order valence-electron chi connectivity index (χ3n) is 2.41. The van der Waals surface area contributed by atoms with Gasteiger partial charge < -0.3 is 19.9 Å². The second-order valence-corrected chi connectivity index (χ2v) is 5.48. The Hall–Kier alpha value is -2.57. The van der Waals surface area contributed by atoms with Crippen molar-refractivity contribution in [3.8, 4) is 0 Å². The van der Waals surface area contributed by atoms with Crippen LogP contribution in [0.3, 0.4) is 0 Å². The molecule has 0 saturated carbocycles. The summed E-state index contributed by atoms with van der Waals surface area (Å²) in [6.07, 6.45) is -0.726. The molecule has 0 atom stereocenters. The van der Waals surface area contributed by atoms with Gasteiger partial charge in [-0.1, -0.05) is 18.2 Å². The Morgan fingerprint density at radius 3 is 2.41 bits per heavy atom. The number of hydrogen-bond acceptors (Lipinski definition) is 5. The molecule has 7 heteroatoms. The van der Waals surface area contributed by atoms with Crippen molar-refractivity contribution in [1.29, 1.82) is 0 Å². The van der Waals surface area contributed by atoms with Crippen LogP contribution in [-0.2, 0) is 20.9 Å². The highest BCUT2D eigenvalue weighted by molar-refractivity contribution is 5.89. The highest BCUT2D eigenvalue weighted by Crippen LogP contribution is 2.10. The summed E-state index contributed by atoms with van der Waals surface area (Å²) in [7, 11) is 0. The largest absolute Gasteiger partial charge is 0.478 e. The molecule has 2 N–H and O–H groups in total. The number of carboxylic acid groups (broad SMARTS) is 1. The van der Waals surface area contributed by atoms with Crippen LogP contribution in [0.5, 0.6) is 0 Å². The molecule has 120 valence electrons. The van der Waals surface area contributed by atoms with Crippen LogP contribution < -0.4 is 5.32 Å². The number of esters is 1. The Labute approximate surface area is 128 Å². The van der Waals surface area contributed by atoms with E-state index in [1.54, 1.807) is 39.0 Å². The van der Waals surface area contributed by atoms with E-state index < -0.39 is 23.6 Å². The Balaban J connectivity index is 2.44.